The van der Waals surface area contributed by atoms with Crippen LogP contribution in [0, 0.1) is 0 Å². The molecule has 0 N–H and O–H groups in total. The van der Waals surface area contributed by atoms with Crippen molar-refractivity contribution >= 4 is 0 Å². The molecule has 0 unspecified atom stereocenters. The first kappa shape index (κ1) is 20.9. The van der Waals surface area contributed by atoms with Crippen LogP contribution in [0.15, 0.2) is 60.9 Å². The summed E-state index contributed by atoms with van der Waals surface area (Å²) in [4.78, 5) is 13.5. The molecule has 7 heteroatoms. The van der Waals surface area contributed by atoms with E-state index >= 15 is 0 Å². The van der Waals surface area contributed by atoms with Crippen LogP contribution in [0.4, 0.5) is 0 Å². The van der Waals surface area contributed by atoms with Gasteiger partial charge < -0.3 is 18.9 Å². The van der Waals surface area contributed by atoms with Crippen molar-refractivity contribution in [2.24, 2.45) is 0 Å². The van der Waals surface area contributed by atoms with Crippen LogP contribution in [-0.2, 0) is 14.2 Å². The smallest absolute Gasteiger partial charge is 0.123 e. The largest absolute Gasteiger partial charge is 0.491 e. The Morgan fingerprint density at radius 3 is 1.72 bits per heavy atom. The van der Waals surface area contributed by atoms with Gasteiger partial charge in [-0.1, -0.05) is 12.1 Å². The van der Waals surface area contributed by atoms with Crippen LogP contribution < -0.4 is 4.74 Å². The highest BCUT2D eigenvalue weighted by Crippen LogP contribution is 2.26. The van der Waals surface area contributed by atoms with Crippen LogP contribution in [0.2, 0.25) is 0 Å². The summed E-state index contributed by atoms with van der Waals surface area (Å²) in [6.07, 6.45) is 3.49. The van der Waals surface area contributed by atoms with E-state index < -0.39 is 0 Å². The molecule has 0 aliphatic rings. The summed E-state index contributed by atoms with van der Waals surface area (Å²) in [5, 5.41) is 0. The van der Waals surface area contributed by atoms with Crippen molar-refractivity contribution in [1.29, 1.82) is 0 Å². The third-order valence-corrected chi connectivity index (χ3v) is 3.95. The van der Waals surface area contributed by atoms with Crippen LogP contribution in [0.5, 0.6) is 5.75 Å². The molecule has 0 aromatic carbocycles. The summed E-state index contributed by atoms with van der Waals surface area (Å²) in [6, 6.07) is 15.2. The second-order valence-electron chi connectivity index (χ2n) is 6.07. The van der Waals surface area contributed by atoms with Crippen LogP contribution in [0.25, 0.3) is 22.8 Å². The lowest BCUT2D eigenvalue weighted by Gasteiger charge is -2.11. The lowest BCUT2D eigenvalue weighted by molar-refractivity contribution is 0.0180. The molecule has 0 atom stereocenters. The molecule has 152 valence electrons. The van der Waals surface area contributed by atoms with Crippen LogP contribution >= 0.6 is 0 Å². The molecule has 3 rings (SSSR count). The van der Waals surface area contributed by atoms with E-state index in [1.54, 1.807) is 19.5 Å². The van der Waals surface area contributed by atoms with E-state index in [0.717, 1.165) is 22.8 Å². The SMILES string of the molecule is COCCOCCOCCOc1cc(-c2ccccn2)nc(-c2ccccn2)c1. The Kier molecular flexibility index (Phi) is 8.53. The molecular formula is C22H25N3O4. The van der Waals surface area contributed by atoms with Crippen molar-refractivity contribution in [2.75, 3.05) is 46.8 Å². The topological polar surface area (TPSA) is 75.6 Å². The Hall–Kier alpha value is -2.87. The Labute approximate surface area is 170 Å². The molecule has 0 aliphatic carbocycles. The van der Waals surface area contributed by atoms with E-state index in [-0.39, 0.29) is 0 Å². The molecule has 0 aliphatic heterocycles. The van der Waals surface area contributed by atoms with E-state index in [1.807, 2.05) is 48.5 Å². The highest BCUT2D eigenvalue weighted by molar-refractivity contribution is 5.64. The van der Waals surface area contributed by atoms with Gasteiger partial charge in [0, 0.05) is 31.6 Å². The second kappa shape index (κ2) is 11.9. The van der Waals surface area contributed by atoms with Crippen molar-refractivity contribution in [2.45, 2.75) is 0 Å². The summed E-state index contributed by atoms with van der Waals surface area (Å²) >= 11 is 0. The van der Waals surface area contributed by atoms with E-state index in [4.69, 9.17) is 23.9 Å². The molecule has 0 saturated carbocycles. The summed E-state index contributed by atoms with van der Waals surface area (Å²) in [6.45, 7) is 3.09. The van der Waals surface area contributed by atoms with E-state index in [0.29, 0.717) is 45.4 Å². The fourth-order valence-electron chi connectivity index (χ4n) is 2.56. The first-order chi connectivity index (χ1) is 14.4. The van der Waals surface area contributed by atoms with Gasteiger partial charge in [0.25, 0.3) is 0 Å². The molecule has 7 nitrogen and oxygen atoms in total. The van der Waals surface area contributed by atoms with Gasteiger partial charge in [0.05, 0.1) is 55.8 Å². The summed E-state index contributed by atoms with van der Waals surface area (Å²) in [5.41, 5.74) is 3.02. The standard InChI is InChI=1S/C22H25N3O4/c1-26-10-11-27-12-13-28-14-15-29-18-16-21(19-6-2-4-8-23-19)25-22(17-18)20-7-3-5-9-24-20/h2-9,16-17H,10-15H2,1H3. The summed E-state index contributed by atoms with van der Waals surface area (Å²) in [5.74, 6) is 0.696. The molecule has 3 aromatic heterocycles. The monoisotopic (exact) mass is 395 g/mol. The first-order valence-corrected chi connectivity index (χ1v) is 9.49. The van der Waals surface area contributed by atoms with E-state index in [1.165, 1.54) is 0 Å². The summed E-state index contributed by atoms with van der Waals surface area (Å²) < 4.78 is 21.7. The Bertz CT molecular complexity index is 789. The molecule has 3 aromatic rings. The summed E-state index contributed by atoms with van der Waals surface area (Å²) in [7, 11) is 1.65. The number of pyridine rings is 3. The fraction of sp³-hybridized carbons (Fsp3) is 0.318. The van der Waals surface area contributed by atoms with Crippen molar-refractivity contribution in [3.63, 3.8) is 0 Å². The van der Waals surface area contributed by atoms with E-state index in [9.17, 15) is 0 Å². The number of rotatable bonds is 12. The van der Waals surface area contributed by atoms with Gasteiger partial charge in [0.1, 0.15) is 12.4 Å². The Morgan fingerprint density at radius 2 is 1.21 bits per heavy atom. The highest BCUT2D eigenvalue weighted by atomic mass is 16.6. The van der Waals surface area contributed by atoms with Crippen LogP contribution in [0.1, 0.15) is 0 Å². The Morgan fingerprint density at radius 1 is 0.655 bits per heavy atom. The minimum Gasteiger partial charge on any atom is -0.491 e. The lowest BCUT2D eigenvalue weighted by atomic mass is 10.2. The molecule has 0 radical (unpaired) electrons. The van der Waals surface area contributed by atoms with Gasteiger partial charge in [-0.3, -0.25) is 9.97 Å². The van der Waals surface area contributed by atoms with Crippen molar-refractivity contribution in [3.8, 4) is 28.5 Å². The fourth-order valence-corrected chi connectivity index (χ4v) is 2.56. The number of hydrogen-bond acceptors (Lipinski definition) is 7. The zero-order chi connectivity index (χ0) is 20.2. The molecule has 0 amide bonds. The van der Waals surface area contributed by atoms with Gasteiger partial charge in [0.15, 0.2) is 0 Å². The zero-order valence-corrected chi connectivity index (χ0v) is 16.5. The third kappa shape index (κ3) is 6.90. The lowest BCUT2D eigenvalue weighted by Crippen LogP contribution is -2.12. The first-order valence-electron chi connectivity index (χ1n) is 9.49. The normalized spacial score (nSPS) is 10.8. The average Bonchev–Trinajstić information content (AvgIpc) is 2.79. The number of aromatic nitrogens is 3. The van der Waals surface area contributed by atoms with Crippen LogP contribution in [0.3, 0.4) is 0 Å². The minimum atomic E-state index is 0.422. The molecular weight excluding hydrogens is 370 g/mol. The number of hydrogen-bond donors (Lipinski definition) is 0. The maximum atomic E-state index is 5.89. The van der Waals surface area contributed by atoms with Gasteiger partial charge in [-0.15, -0.1) is 0 Å². The van der Waals surface area contributed by atoms with Gasteiger partial charge in [-0.25, -0.2) is 4.98 Å². The third-order valence-electron chi connectivity index (χ3n) is 3.95. The minimum absolute atomic E-state index is 0.422. The number of methoxy groups -OCH3 is 1. The van der Waals surface area contributed by atoms with Gasteiger partial charge in [-0.2, -0.15) is 0 Å². The van der Waals surface area contributed by atoms with Gasteiger partial charge in [0.2, 0.25) is 0 Å². The number of ether oxygens (including phenoxy) is 4. The van der Waals surface area contributed by atoms with Crippen molar-refractivity contribution in [3.05, 3.63) is 60.9 Å². The predicted molar refractivity (Wildman–Crippen MR) is 110 cm³/mol. The van der Waals surface area contributed by atoms with Gasteiger partial charge in [-0.05, 0) is 24.3 Å². The second-order valence-corrected chi connectivity index (χ2v) is 6.07. The maximum absolute atomic E-state index is 5.89. The van der Waals surface area contributed by atoms with Crippen molar-refractivity contribution < 1.29 is 18.9 Å². The van der Waals surface area contributed by atoms with Crippen LogP contribution in [-0.4, -0.2) is 61.7 Å². The Balaban J connectivity index is 1.60. The molecule has 29 heavy (non-hydrogen) atoms. The molecule has 0 saturated heterocycles. The van der Waals surface area contributed by atoms with E-state index in [2.05, 4.69) is 9.97 Å². The molecule has 0 fully saturated rings. The highest BCUT2D eigenvalue weighted by Gasteiger charge is 2.09. The zero-order valence-electron chi connectivity index (χ0n) is 16.5. The maximum Gasteiger partial charge on any atom is 0.123 e. The quantitative estimate of drug-likeness (QED) is 0.436. The predicted octanol–water partition coefficient (Wildman–Crippen LogP) is 3.26. The van der Waals surface area contributed by atoms with Crippen molar-refractivity contribution in [1.82, 2.24) is 15.0 Å². The average molecular weight is 395 g/mol. The van der Waals surface area contributed by atoms with Gasteiger partial charge >= 0.3 is 0 Å². The number of nitrogens with zero attached hydrogens (tertiary/aromatic N) is 3. The molecule has 3 heterocycles. The molecule has 0 bridgehead atoms. The molecule has 0 spiro atoms.